The molecule has 2 aromatic rings. The molecule has 1 unspecified atom stereocenters. The van der Waals surface area contributed by atoms with Crippen molar-refractivity contribution in [1.82, 2.24) is 20.0 Å². The summed E-state index contributed by atoms with van der Waals surface area (Å²) in [7, 11) is -2.96. The van der Waals surface area contributed by atoms with Crippen LogP contribution in [0.4, 0.5) is 10.5 Å². The van der Waals surface area contributed by atoms with Crippen LogP contribution in [0.1, 0.15) is 29.4 Å². The minimum atomic E-state index is -2.96. The highest BCUT2D eigenvalue weighted by atomic mass is 32.2. The first kappa shape index (κ1) is 20.7. The summed E-state index contributed by atoms with van der Waals surface area (Å²) in [5.74, 6) is 0.409. The minimum Gasteiger partial charge on any atom is -0.365 e. The molecule has 0 saturated carbocycles. The van der Waals surface area contributed by atoms with E-state index in [0.29, 0.717) is 26.1 Å². The Morgan fingerprint density at radius 1 is 1.13 bits per heavy atom. The van der Waals surface area contributed by atoms with Crippen molar-refractivity contribution in [2.75, 3.05) is 42.6 Å². The zero-order valence-corrected chi connectivity index (χ0v) is 18.4. The van der Waals surface area contributed by atoms with Crippen LogP contribution in [-0.2, 0) is 16.4 Å². The van der Waals surface area contributed by atoms with Gasteiger partial charge in [0.05, 0.1) is 34.6 Å². The molecule has 3 heterocycles. The summed E-state index contributed by atoms with van der Waals surface area (Å²) >= 11 is 0. The van der Waals surface area contributed by atoms with E-state index in [1.54, 1.807) is 0 Å². The number of urea groups is 1. The first-order chi connectivity index (χ1) is 14.3. The maximum absolute atomic E-state index is 12.5. The Balaban J connectivity index is 1.37. The smallest absolute Gasteiger partial charge is 0.317 e. The van der Waals surface area contributed by atoms with Gasteiger partial charge in [0.15, 0.2) is 9.84 Å². The molecule has 4 rings (SSSR count). The van der Waals surface area contributed by atoms with Gasteiger partial charge >= 0.3 is 6.03 Å². The molecule has 2 fully saturated rings. The minimum absolute atomic E-state index is 0.0428. The number of piperazine rings is 1. The lowest BCUT2D eigenvalue weighted by atomic mass is 10.2. The number of carbonyl (C=O) groups is 1. The predicted molar refractivity (Wildman–Crippen MR) is 116 cm³/mol. The first-order valence-electron chi connectivity index (χ1n) is 10.4. The van der Waals surface area contributed by atoms with E-state index in [0.717, 1.165) is 35.7 Å². The molecule has 0 bridgehead atoms. The van der Waals surface area contributed by atoms with Gasteiger partial charge in [-0.25, -0.2) is 13.2 Å². The number of rotatable bonds is 4. The van der Waals surface area contributed by atoms with Gasteiger partial charge in [0.2, 0.25) is 0 Å². The fourth-order valence-electron chi connectivity index (χ4n) is 4.45. The highest BCUT2D eigenvalue weighted by Crippen LogP contribution is 2.31. The second kappa shape index (κ2) is 8.29. The Morgan fingerprint density at radius 3 is 2.47 bits per heavy atom. The van der Waals surface area contributed by atoms with Crippen LogP contribution in [0.25, 0.3) is 0 Å². The zero-order valence-electron chi connectivity index (χ0n) is 17.5. The Morgan fingerprint density at radius 2 is 1.83 bits per heavy atom. The molecular formula is C21H29N5O3S. The van der Waals surface area contributed by atoms with Crippen molar-refractivity contribution >= 4 is 21.6 Å². The number of hydrogen-bond acceptors (Lipinski definition) is 5. The summed E-state index contributed by atoms with van der Waals surface area (Å²) in [5.41, 5.74) is 4.08. The summed E-state index contributed by atoms with van der Waals surface area (Å²) in [6, 6.07) is 9.76. The number of amides is 2. The lowest BCUT2D eigenvalue weighted by Gasteiger charge is -2.36. The fraction of sp³-hybridized carbons (Fsp3) is 0.524. The Bertz CT molecular complexity index is 1010. The third kappa shape index (κ3) is 4.30. The van der Waals surface area contributed by atoms with Crippen molar-refractivity contribution in [3.05, 3.63) is 47.3 Å². The molecule has 1 atom stereocenters. The number of aromatic nitrogens is 2. The Kier molecular flexibility index (Phi) is 5.73. The molecular weight excluding hydrogens is 402 g/mol. The van der Waals surface area contributed by atoms with Crippen LogP contribution in [0.15, 0.2) is 30.3 Å². The van der Waals surface area contributed by atoms with Gasteiger partial charge in [-0.2, -0.15) is 5.10 Å². The van der Waals surface area contributed by atoms with E-state index in [9.17, 15) is 13.2 Å². The van der Waals surface area contributed by atoms with Gasteiger partial charge in [0.1, 0.15) is 0 Å². The average molecular weight is 432 g/mol. The van der Waals surface area contributed by atoms with Crippen LogP contribution in [0.3, 0.4) is 0 Å². The summed E-state index contributed by atoms with van der Waals surface area (Å²) in [6.07, 6.45) is 0.624. The normalized spacial score (nSPS) is 21.1. The third-order valence-electron chi connectivity index (χ3n) is 6.01. The summed E-state index contributed by atoms with van der Waals surface area (Å²) in [5, 5.41) is 7.66. The monoisotopic (exact) mass is 431 g/mol. The van der Waals surface area contributed by atoms with Gasteiger partial charge < -0.3 is 15.1 Å². The number of benzene rings is 1. The van der Waals surface area contributed by atoms with E-state index in [4.69, 9.17) is 0 Å². The van der Waals surface area contributed by atoms with Gasteiger partial charge in [-0.3, -0.25) is 4.68 Å². The molecule has 30 heavy (non-hydrogen) atoms. The lowest BCUT2D eigenvalue weighted by Crippen LogP contribution is -2.52. The molecule has 162 valence electrons. The quantitative estimate of drug-likeness (QED) is 0.799. The van der Waals surface area contributed by atoms with Crippen molar-refractivity contribution in [3.63, 3.8) is 0 Å². The van der Waals surface area contributed by atoms with Crippen LogP contribution in [0, 0.1) is 13.8 Å². The highest BCUT2D eigenvalue weighted by molar-refractivity contribution is 7.91. The number of carbonyl (C=O) groups excluding carboxylic acids is 1. The van der Waals surface area contributed by atoms with E-state index in [1.807, 2.05) is 53.8 Å². The predicted octanol–water partition coefficient (Wildman–Crippen LogP) is 1.89. The molecule has 8 nitrogen and oxygen atoms in total. The van der Waals surface area contributed by atoms with Gasteiger partial charge in [-0.05, 0) is 25.8 Å². The SMILES string of the molecule is Cc1nn(C2CCS(=O)(=O)C2)c(C)c1N1CCN(C(=O)NCc2ccccc2)CC1. The molecule has 1 N–H and O–H groups in total. The van der Waals surface area contributed by atoms with Crippen molar-refractivity contribution in [2.24, 2.45) is 0 Å². The number of nitrogens with one attached hydrogen (secondary N) is 1. The third-order valence-corrected chi connectivity index (χ3v) is 7.76. The van der Waals surface area contributed by atoms with Crippen LogP contribution in [0.5, 0.6) is 0 Å². The van der Waals surface area contributed by atoms with E-state index >= 15 is 0 Å². The fourth-order valence-corrected chi connectivity index (χ4v) is 6.15. The van der Waals surface area contributed by atoms with E-state index in [2.05, 4.69) is 15.3 Å². The molecule has 1 aromatic heterocycles. The zero-order chi connectivity index (χ0) is 21.3. The molecule has 0 radical (unpaired) electrons. The lowest BCUT2D eigenvalue weighted by molar-refractivity contribution is 0.194. The molecule has 1 aromatic carbocycles. The second-order valence-corrected chi connectivity index (χ2v) is 10.4. The van der Waals surface area contributed by atoms with E-state index in [1.165, 1.54) is 0 Å². The molecule has 2 aliphatic rings. The Labute approximate surface area is 177 Å². The van der Waals surface area contributed by atoms with Crippen LogP contribution >= 0.6 is 0 Å². The van der Waals surface area contributed by atoms with Gasteiger partial charge in [0.25, 0.3) is 0 Å². The van der Waals surface area contributed by atoms with Crippen molar-refractivity contribution in [2.45, 2.75) is 32.9 Å². The molecule has 9 heteroatoms. The van der Waals surface area contributed by atoms with Crippen LogP contribution in [0.2, 0.25) is 0 Å². The standard InChI is InChI=1S/C21H29N5O3S/c1-16-20(17(2)26(23-16)19-8-13-30(28,29)15-19)24-9-11-25(12-10-24)21(27)22-14-18-6-4-3-5-7-18/h3-7,19H,8-15H2,1-2H3,(H,22,27). The number of nitrogens with zero attached hydrogens (tertiary/aromatic N) is 4. The molecule has 2 saturated heterocycles. The van der Waals surface area contributed by atoms with Crippen molar-refractivity contribution in [3.8, 4) is 0 Å². The van der Waals surface area contributed by atoms with Crippen LogP contribution in [-0.4, -0.2) is 66.8 Å². The van der Waals surface area contributed by atoms with E-state index < -0.39 is 9.84 Å². The van der Waals surface area contributed by atoms with Gasteiger partial charge in [-0.1, -0.05) is 30.3 Å². The summed E-state index contributed by atoms with van der Waals surface area (Å²) in [6.45, 7) is 7.25. The number of anilines is 1. The average Bonchev–Trinajstić information content (AvgIpc) is 3.25. The van der Waals surface area contributed by atoms with Crippen LogP contribution < -0.4 is 10.2 Å². The number of sulfone groups is 1. The Hall–Kier alpha value is -2.55. The maximum atomic E-state index is 12.5. The molecule has 0 spiro atoms. The largest absolute Gasteiger partial charge is 0.365 e. The van der Waals surface area contributed by atoms with Gasteiger partial charge in [0, 0.05) is 32.7 Å². The first-order valence-corrected chi connectivity index (χ1v) is 12.2. The number of aryl methyl sites for hydroxylation is 1. The van der Waals surface area contributed by atoms with Crippen molar-refractivity contribution in [1.29, 1.82) is 0 Å². The van der Waals surface area contributed by atoms with Crippen molar-refractivity contribution < 1.29 is 13.2 Å². The summed E-state index contributed by atoms with van der Waals surface area (Å²) in [4.78, 5) is 16.6. The molecule has 2 aliphatic heterocycles. The van der Waals surface area contributed by atoms with E-state index in [-0.39, 0.29) is 23.6 Å². The number of hydrogen-bond donors (Lipinski definition) is 1. The second-order valence-electron chi connectivity index (χ2n) is 8.14. The molecule has 2 amide bonds. The molecule has 0 aliphatic carbocycles. The van der Waals surface area contributed by atoms with Gasteiger partial charge in [-0.15, -0.1) is 0 Å². The summed E-state index contributed by atoms with van der Waals surface area (Å²) < 4.78 is 25.6. The topological polar surface area (TPSA) is 87.5 Å². The maximum Gasteiger partial charge on any atom is 0.317 e. The highest BCUT2D eigenvalue weighted by Gasteiger charge is 2.33.